The van der Waals surface area contributed by atoms with Gasteiger partial charge in [-0.25, -0.2) is 9.59 Å². The number of alkyl carbamates (subject to hydrolysis) is 2. The van der Waals surface area contributed by atoms with E-state index in [1.165, 1.54) is 0 Å². The molecule has 0 aliphatic heterocycles. The molecule has 9 heteroatoms. The zero-order valence-corrected chi connectivity index (χ0v) is 15.8. The summed E-state index contributed by atoms with van der Waals surface area (Å²) in [6.45, 7) is 10.5. The standard InChI is InChI=1S/C16H29N3O6/c1-15(2,3)24-13(22)18-12(17-10-8-7-9-11(20)21)19-14(23)25-16(4,5)6/h7-10H2,1-6H3,(H,20,21)(H2,17,18,19,22,23). The number of carboxylic acids is 1. The Morgan fingerprint density at radius 1 is 0.880 bits per heavy atom. The average Bonchev–Trinajstić information content (AvgIpc) is 2.32. The van der Waals surface area contributed by atoms with Crippen LogP contribution >= 0.6 is 0 Å². The smallest absolute Gasteiger partial charge is 0.414 e. The molecule has 0 unspecified atom stereocenters. The first kappa shape index (κ1) is 22.7. The summed E-state index contributed by atoms with van der Waals surface area (Å²) >= 11 is 0. The number of carbonyl (C=O) groups excluding carboxylic acids is 2. The summed E-state index contributed by atoms with van der Waals surface area (Å²) < 4.78 is 10.2. The number of guanidine groups is 1. The van der Waals surface area contributed by atoms with Gasteiger partial charge in [0.05, 0.1) is 0 Å². The third kappa shape index (κ3) is 15.0. The van der Waals surface area contributed by atoms with Crippen LogP contribution in [0.25, 0.3) is 0 Å². The third-order valence-corrected chi connectivity index (χ3v) is 2.31. The van der Waals surface area contributed by atoms with Crippen LogP contribution in [0.5, 0.6) is 0 Å². The van der Waals surface area contributed by atoms with E-state index in [-0.39, 0.29) is 18.9 Å². The van der Waals surface area contributed by atoms with Gasteiger partial charge in [0.15, 0.2) is 0 Å². The van der Waals surface area contributed by atoms with Crippen molar-refractivity contribution in [3.63, 3.8) is 0 Å². The first-order chi connectivity index (χ1) is 11.3. The van der Waals surface area contributed by atoms with Gasteiger partial charge >= 0.3 is 18.2 Å². The Bertz CT molecular complexity index is 471. The van der Waals surface area contributed by atoms with Gasteiger partial charge in [0, 0.05) is 13.0 Å². The van der Waals surface area contributed by atoms with Gasteiger partial charge in [-0.1, -0.05) is 0 Å². The molecule has 9 nitrogen and oxygen atoms in total. The monoisotopic (exact) mass is 359 g/mol. The normalized spacial score (nSPS) is 11.3. The summed E-state index contributed by atoms with van der Waals surface area (Å²) in [5.41, 5.74) is -1.41. The van der Waals surface area contributed by atoms with E-state index in [4.69, 9.17) is 14.6 Å². The lowest BCUT2D eigenvalue weighted by molar-refractivity contribution is -0.137. The van der Waals surface area contributed by atoms with Crippen molar-refractivity contribution in [3.8, 4) is 0 Å². The number of ether oxygens (including phenoxy) is 2. The van der Waals surface area contributed by atoms with E-state index in [0.717, 1.165) is 0 Å². The van der Waals surface area contributed by atoms with Gasteiger partial charge in [0.25, 0.3) is 0 Å². The molecule has 25 heavy (non-hydrogen) atoms. The molecule has 0 radical (unpaired) electrons. The fraction of sp³-hybridized carbons (Fsp3) is 0.750. The van der Waals surface area contributed by atoms with E-state index in [1.54, 1.807) is 41.5 Å². The van der Waals surface area contributed by atoms with E-state index >= 15 is 0 Å². The molecule has 0 spiro atoms. The Morgan fingerprint density at radius 3 is 1.68 bits per heavy atom. The van der Waals surface area contributed by atoms with Crippen molar-refractivity contribution in [1.82, 2.24) is 10.6 Å². The SMILES string of the molecule is CC(C)(C)OC(=O)NC(=NCCCCC(=O)O)NC(=O)OC(C)(C)C. The number of aliphatic carboxylic acids is 1. The highest BCUT2D eigenvalue weighted by molar-refractivity contribution is 6.01. The van der Waals surface area contributed by atoms with Gasteiger partial charge in [-0.15, -0.1) is 0 Å². The maximum absolute atomic E-state index is 11.8. The van der Waals surface area contributed by atoms with Gasteiger partial charge < -0.3 is 14.6 Å². The first-order valence-corrected chi connectivity index (χ1v) is 8.05. The number of unbranched alkanes of at least 4 members (excludes halogenated alkanes) is 1. The van der Waals surface area contributed by atoms with E-state index < -0.39 is 29.4 Å². The lowest BCUT2D eigenvalue weighted by atomic mass is 10.2. The number of amides is 2. The minimum absolute atomic E-state index is 0.0316. The van der Waals surface area contributed by atoms with Gasteiger partial charge in [0.1, 0.15) is 11.2 Å². The van der Waals surface area contributed by atoms with Crippen LogP contribution in [-0.2, 0) is 14.3 Å². The van der Waals surface area contributed by atoms with Crippen molar-refractivity contribution >= 4 is 24.1 Å². The van der Waals surface area contributed by atoms with Gasteiger partial charge in [-0.05, 0) is 54.4 Å². The fourth-order valence-electron chi connectivity index (χ4n) is 1.49. The van der Waals surface area contributed by atoms with E-state index in [2.05, 4.69) is 15.6 Å². The molecule has 0 saturated heterocycles. The molecule has 0 heterocycles. The van der Waals surface area contributed by atoms with Crippen LogP contribution < -0.4 is 10.6 Å². The Labute approximate surface area is 148 Å². The zero-order chi connectivity index (χ0) is 19.7. The second kappa shape index (κ2) is 9.85. The first-order valence-electron chi connectivity index (χ1n) is 8.05. The van der Waals surface area contributed by atoms with Crippen molar-refractivity contribution in [3.05, 3.63) is 0 Å². The Hall–Kier alpha value is -2.32. The lowest BCUT2D eigenvalue weighted by Gasteiger charge is -2.22. The van der Waals surface area contributed by atoms with Gasteiger partial charge in [-0.2, -0.15) is 0 Å². The highest BCUT2D eigenvalue weighted by Gasteiger charge is 2.21. The molecule has 0 aromatic rings. The van der Waals surface area contributed by atoms with Crippen molar-refractivity contribution in [2.24, 2.45) is 4.99 Å². The molecule has 0 saturated carbocycles. The predicted octanol–water partition coefficient (Wildman–Crippen LogP) is 2.65. The van der Waals surface area contributed by atoms with Crippen LogP contribution in [-0.4, -0.2) is 47.0 Å². The number of carboxylic acid groups (broad SMARTS) is 1. The van der Waals surface area contributed by atoms with Crippen LogP contribution in [0, 0.1) is 0 Å². The predicted molar refractivity (Wildman–Crippen MR) is 92.5 cm³/mol. The van der Waals surface area contributed by atoms with Gasteiger partial charge in [0.2, 0.25) is 5.96 Å². The molecule has 0 fully saturated rings. The third-order valence-electron chi connectivity index (χ3n) is 2.31. The summed E-state index contributed by atoms with van der Waals surface area (Å²) in [5, 5.41) is 13.3. The molecule has 0 aliphatic carbocycles. The number of aliphatic imine (C=N–C) groups is 1. The summed E-state index contributed by atoms with van der Waals surface area (Å²) in [7, 11) is 0. The van der Waals surface area contributed by atoms with Crippen LogP contribution in [0.2, 0.25) is 0 Å². The Kier molecular flexibility index (Phi) is 8.94. The largest absolute Gasteiger partial charge is 0.481 e. The number of carbonyl (C=O) groups is 3. The summed E-state index contributed by atoms with van der Waals surface area (Å²) in [6, 6.07) is 0. The number of hydrogen-bond acceptors (Lipinski definition) is 6. The number of hydrogen-bond donors (Lipinski definition) is 3. The number of nitrogens with one attached hydrogen (secondary N) is 2. The molecule has 0 bridgehead atoms. The van der Waals surface area contributed by atoms with E-state index in [0.29, 0.717) is 12.8 Å². The van der Waals surface area contributed by atoms with Crippen LogP contribution in [0.4, 0.5) is 9.59 Å². The van der Waals surface area contributed by atoms with Crippen molar-refractivity contribution in [2.45, 2.75) is 72.0 Å². The maximum Gasteiger partial charge on any atom is 0.414 e. The van der Waals surface area contributed by atoms with Gasteiger partial charge in [-0.3, -0.25) is 20.4 Å². The molecule has 0 aliphatic rings. The van der Waals surface area contributed by atoms with Crippen LogP contribution in [0.1, 0.15) is 60.8 Å². The molecule has 0 atom stereocenters. The molecule has 2 amide bonds. The highest BCUT2D eigenvalue weighted by Crippen LogP contribution is 2.07. The zero-order valence-electron chi connectivity index (χ0n) is 15.8. The summed E-state index contributed by atoms with van der Waals surface area (Å²) in [6.07, 6.45) is -0.586. The molecule has 0 aromatic heterocycles. The minimum atomic E-state index is -0.886. The molecule has 144 valence electrons. The topological polar surface area (TPSA) is 126 Å². The van der Waals surface area contributed by atoms with Crippen LogP contribution in [0.15, 0.2) is 4.99 Å². The second-order valence-corrected chi connectivity index (χ2v) is 7.33. The molecular formula is C16H29N3O6. The molecule has 3 N–H and O–H groups in total. The Balaban J connectivity index is 4.77. The number of rotatable bonds is 5. The lowest BCUT2D eigenvalue weighted by Crippen LogP contribution is -2.47. The highest BCUT2D eigenvalue weighted by atomic mass is 16.6. The average molecular weight is 359 g/mol. The minimum Gasteiger partial charge on any atom is -0.481 e. The second-order valence-electron chi connectivity index (χ2n) is 7.33. The summed E-state index contributed by atoms with van der Waals surface area (Å²) in [5.74, 6) is -0.998. The van der Waals surface area contributed by atoms with E-state index in [9.17, 15) is 14.4 Å². The summed E-state index contributed by atoms with van der Waals surface area (Å²) in [4.78, 5) is 38.2. The quantitative estimate of drug-likeness (QED) is 0.393. The number of nitrogens with zero attached hydrogens (tertiary/aromatic N) is 1. The maximum atomic E-state index is 11.8. The molecule has 0 aromatic carbocycles. The molecular weight excluding hydrogens is 330 g/mol. The van der Waals surface area contributed by atoms with E-state index in [1.807, 2.05) is 0 Å². The van der Waals surface area contributed by atoms with Crippen molar-refractivity contribution < 1.29 is 29.0 Å². The molecule has 0 rings (SSSR count). The Morgan fingerprint density at radius 2 is 1.32 bits per heavy atom. The van der Waals surface area contributed by atoms with Crippen LogP contribution in [0.3, 0.4) is 0 Å². The van der Waals surface area contributed by atoms with Crippen molar-refractivity contribution in [1.29, 1.82) is 0 Å². The van der Waals surface area contributed by atoms with Crippen molar-refractivity contribution in [2.75, 3.05) is 6.54 Å². The fourth-order valence-corrected chi connectivity index (χ4v) is 1.49.